The Bertz CT molecular complexity index is 407. The van der Waals surface area contributed by atoms with Crippen LogP contribution in [0.3, 0.4) is 0 Å². The predicted molar refractivity (Wildman–Crippen MR) is 78.5 cm³/mol. The molecule has 1 unspecified atom stereocenters. The SMILES string of the molecule is C=C(Br)COc1cc(OC)ccc1CC(N)CC. The summed E-state index contributed by atoms with van der Waals surface area (Å²) in [6, 6.07) is 5.95. The summed E-state index contributed by atoms with van der Waals surface area (Å²) in [6.07, 6.45) is 1.74. The minimum absolute atomic E-state index is 0.146. The first-order valence-corrected chi connectivity index (χ1v) is 6.74. The number of ether oxygens (including phenoxy) is 2. The molecule has 18 heavy (non-hydrogen) atoms. The molecule has 0 heterocycles. The van der Waals surface area contributed by atoms with Crippen molar-refractivity contribution in [2.45, 2.75) is 25.8 Å². The summed E-state index contributed by atoms with van der Waals surface area (Å²) in [5.41, 5.74) is 7.08. The normalized spacial score (nSPS) is 12.0. The Morgan fingerprint density at radius 2 is 2.22 bits per heavy atom. The topological polar surface area (TPSA) is 44.5 Å². The second-order valence-corrected chi connectivity index (χ2v) is 5.27. The highest BCUT2D eigenvalue weighted by Gasteiger charge is 2.09. The average Bonchev–Trinajstić information content (AvgIpc) is 2.37. The van der Waals surface area contributed by atoms with Gasteiger partial charge in [0.15, 0.2) is 0 Å². The van der Waals surface area contributed by atoms with Crippen LogP contribution in [0, 0.1) is 0 Å². The van der Waals surface area contributed by atoms with Crippen molar-refractivity contribution in [1.82, 2.24) is 0 Å². The van der Waals surface area contributed by atoms with E-state index in [2.05, 4.69) is 29.4 Å². The molecule has 1 aromatic rings. The maximum absolute atomic E-state index is 5.99. The molecular weight excluding hydrogens is 294 g/mol. The molecule has 0 aliphatic carbocycles. The zero-order valence-electron chi connectivity index (χ0n) is 10.9. The highest BCUT2D eigenvalue weighted by Crippen LogP contribution is 2.26. The Hall–Kier alpha value is -1.00. The number of benzene rings is 1. The molecule has 0 aromatic heterocycles. The van der Waals surface area contributed by atoms with E-state index in [9.17, 15) is 0 Å². The molecule has 0 spiro atoms. The van der Waals surface area contributed by atoms with Crippen LogP contribution in [0.1, 0.15) is 18.9 Å². The highest BCUT2D eigenvalue weighted by molar-refractivity contribution is 9.11. The average molecular weight is 314 g/mol. The summed E-state index contributed by atoms with van der Waals surface area (Å²) in [4.78, 5) is 0. The summed E-state index contributed by atoms with van der Waals surface area (Å²) in [7, 11) is 1.64. The maximum Gasteiger partial charge on any atom is 0.126 e. The van der Waals surface area contributed by atoms with Gasteiger partial charge in [0.1, 0.15) is 18.1 Å². The number of hydrogen-bond donors (Lipinski definition) is 1. The Morgan fingerprint density at radius 3 is 2.78 bits per heavy atom. The van der Waals surface area contributed by atoms with Gasteiger partial charge in [-0.1, -0.05) is 35.5 Å². The van der Waals surface area contributed by atoms with Crippen molar-refractivity contribution in [3.8, 4) is 11.5 Å². The Kier molecular flexibility index (Phi) is 6.22. The van der Waals surface area contributed by atoms with Gasteiger partial charge in [0.05, 0.1) is 7.11 Å². The van der Waals surface area contributed by atoms with Crippen molar-refractivity contribution in [1.29, 1.82) is 0 Å². The smallest absolute Gasteiger partial charge is 0.126 e. The van der Waals surface area contributed by atoms with Crippen LogP contribution in [-0.2, 0) is 6.42 Å². The molecule has 3 nitrogen and oxygen atoms in total. The van der Waals surface area contributed by atoms with Gasteiger partial charge in [-0.25, -0.2) is 0 Å². The zero-order chi connectivity index (χ0) is 13.5. The molecule has 1 aromatic carbocycles. The van der Waals surface area contributed by atoms with Crippen molar-refractivity contribution in [2.75, 3.05) is 13.7 Å². The first-order valence-electron chi connectivity index (χ1n) is 5.95. The molecule has 4 heteroatoms. The van der Waals surface area contributed by atoms with Crippen molar-refractivity contribution < 1.29 is 9.47 Å². The van der Waals surface area contributed by atoms with Crippen LogP contribution in [0.2, 0.25) is 0 Å². The van der Waals surface area contributed by atoms with Gasteiger partial charge in [0.25, 0.3) is 0 Å². The summed E-state index contributed by atoms with van der Waals surface area (Å²) in [5, 5.41) is 0. The minimum atomic E-state index is 0.146. The van der Waals surface area contributed by atoms with Crippen molar-refractivity contribution in [3.63, 3.8) is 0 Å². The van der Waals surface area contributed by atoms with E-state index in [0.29, 0.717) is 6.61 Å². The Balaban J connectivity index is 2.89. The first kappa shape index (κ1) is 15.1. The fourth-order valence-electron chi connectivity index (χ4n) is 1.55. The van der Waals surface area contributed by atoms with E-state index in [4.69, 9.17) is 15.2 Å². The first-order chi connectivity index (χ1) is 8.56. The zero-order valence-corrected chi connectivity index (χ0v) is 12.5. The van der Waals surface area contributed by atoms with Gasteiger partial charge >= 0.3 is 0 Å². The third kappa shape index (κ3) is 4.70. The molecule has 0 aliphatic rings. The number of hydrogen-bond acceptors (Lipinski definition) is 3. The number of methoxy groups -OCH3 is 1. The monoisotopic (exact) mass is 313 g/mol. The molecule has 0 aliphatic heterocycles. The highest BCUT2D eigenvalue weighted by atomic mass is 79.9. The van der Waals surface area contributed by atoms with Gasteiger partial charge in [-0.2, -0.15) is 0 Å². The van der Waals surface area contributed by atoms with Crippen LogP contribution >= 0.6 is 15.9 Å². The molecule has 1 rings (SSSR count). The molecule has 0 saturated carbocycles. The molecule has 2 N–H and O–H groups in total. The predicted octanol–water partition coefficient (Wildman–Crippen LogP) is 3.26. The summed E-state index contributed by atoms with van der Waals surface area (Å²) >= 11 is 3.28. The van der Waals surface area contributed by atoms with Crippen LogP contribution in [0.25, 0.3) is 0 Å². The van der Waals surface area contributed by atoms with Crippen LogP contribution in [0.15, 0.2) is 29.3 Å². The van der Waals surface area contributed by atoms with E-state index in [1.807, 2.05) is 18.2 Å². The lowest BCUT2D eigenvalue weighted by Crippen LogP contribution is -2.21. The molecule has 0 fully saturated rings. The third-order valence-corrected chi connectivity index (χ3v) is 2.89. The van der Waals surface area contributed by atoms with Crippen LogP contribution in [0.4, 0.5) is 0 Å². The summed E-state index contributed by atoms with van der Waals surface area (Å²) < 4.78 is 11.7. The minimum Gasteiger partial charge on any atom is -0.497 e. The van der Waals surface area contributed by atoms with E-state index in [-0.39, 0.29) is 6.04 Å². The molecular formula is C14H20BrNO2. The van der Waals surface area contributed by atoms with Crippen LogP contribution < -0.4 is 15.2 Å². The van der Waals surface area contributed by atoms with Gasteiger partial charge in [0, 0.05) is 16.6 Å². The molecule has 0 radical (unpaired) electrons. The number of rotatable bonds is 7. The van der Waals surface area contributed by atoms with Crippen molar-refractivity contribution in [3.05, 3.63) is 34.8 Å². The standard InChI is InChI=1S/C14H20BrNO2/c1-4-12(16)7-11-5-6-13(17-3)8-14(11)18-9-10(2)15/h5-6,8,12H,2,4,7,9,16H2,1,3H3. The lowest BCUT2D eigenvalue weighted by Gasteiger charge is -2.15. The maximum atomic E-state index is 5.99. The number of nitrogens with two attached hydrogens (primary N) is 1. The van der Waals surface area contributed by atoms with Gasteiger partial charge in [-0.3, -0.25) is 0 Å². The second kappa shape index (κ2) is 7.44. The van der Waals surface area contributed by atoms with E-state index in [1.54, 1.807) is 7.11 Å². The third-order valence-electron chi connectivity index (χ3n) is 2.67. The van der Waals surface area contributed by atoms with Crippen molar-refractivity contribution >= 4 is 15.9 Å². The Labute approximate surface area is 117 Å². The fraction of sp³-hybridized carbons (Fsp3) is 0.429. The fourth-order valence-corrected chi connectivity index (χ4v) is 1.66. The molecule has 100 valence electrons. The molecule has 0 amide bonds. The molecule has 1 atom stereocenters. The van der Waals surface area contributed by atoms with Gasteiger partial charge in [-0.05, 0) is 24.5 Å². The van der Waals surface area contributed by atoms with E-state index >= 15 is 0 Å². The second-order valence-electron chi connectivity index (χ2n) is 4.15. The lowest BCUT2D eigenvalue weighted by atomic mass is 10.0. The largest absolute Gasteiger partial charge is 0.497 e. The van der Waals surface area contributed by atoms with Crippen LogP contribution in [-0.4, -0.2) is 19.8 Å². The van der Waals surface area contributed by atoms with Crippen molar-refractivity contribution in [2.24, 2.45) is 5.73 Å². The van der Waals surface area contributed by atoms with E-state index in [1.165, 1.54) is 0 Å². The van der Waals surface area contributed by atoms with E-state index in [0.717, 1.165) is 34.4 Å². The summed E-state index contributed by atoms with van der Waals surface area (Å²) in [6.45, 7) is 6.27. The van der Waals surface area contributed by atoms with Crippen LogP contribution in [0.5, 0.6) is 11.5 Å². The molecule has 0 saturated heterocycles. The number of halogens is 1. The quantitative estimate of drug-likeness (QED) is 0.840. The summed E-state index contributed by atoms with van der Waals surface area (Å²) in [5.74, 6) is 1.58. The molecule has 0 bridgehead atoms. The van der Waals surface area contributed by atoms with Gasteiger partial charge in [-0.15, -0.1) is 0 Å². The van der Waals surface area contributed by atoms with Gasteiger partial charge in [0.2, 0.25) is 0 Å². The Morgan fingerprint density at radius 1 is 1.50 bits per heavy atom. The van der Waals surface area contributed by atoms with Gasteiger partial charge < -0.3 is 15.2 Å². The lowest BCUT2D eigenvalue weighted by molar-refractivity contribution is 0.350. The van der Waals surface area contributed by atoms with E-state index < -0.39 is 0 Å².